The molecule has 0 spiro atoms. The molecule has 1 fully saturated rings. The molecule has 1 aromatic carbocycles. The lowest BCUT2D eigenvalue weighted by Gasteiger charge is -2.39. The van der Waals surface area contributed by atoms with Gasteiger partial charge in [-0.1, -0.05) is 18.2 Å². The monoisotopic (exact) mass is 399 g/mol. The van der Waals surface area contributed by atoms with E-state index in [4.69, 9.17) is 0 Å². The number of H-pyrrole nitrogens is 1. The zero-order chi connectivity index (χ0) is 20.5. The molecule has 5 rings (SSSR count). The van der Waals surface area contributed by atoms with Gasteiger partial charge in [0.15, 0.2) is 0 Å². The van der Waals surface area contributed by atoms with Crippen LogP contribution >= 0.6 is 0 Å². The molecule has 1 saturated heterocycles. The van der Waals surface area contributed by atoms with Crippen LogP contribution < -0.4 is 5.56 Å². The van der Waals surface area contributed by atoms with Gasteiger partial charge < -0.3 is 9.88 Å². The van der Waals surface area contributed by atoms with Crippen molar-refractivity contribution < 1.29 is 4.79 Å². The molecule has 0 bridgehead atoms. The van der Waals surface area contributed by atoms with Crippen molar-refractivity contribution in [2.75, 3.05) is 13.1 Å². The number of aromatic amines is 1. The van der Waals surface area contributed by atoms with Crippen molar-refractivity contribution in [1.29, 1.82) is 0 Å². The van der Waals surface area contributed by atoms with E-state index in [0.29, 0.717) is 26.1 Å². The number of hydrogen-bond acceptors (Lipinski definition) is 4. The Morgan fingerprint density at radius 2 is 1.87 bits per heavy atom. The quantitative estimate of drug-likeness (QED) is 0.559. The third kappa shape index (κ3) is 3.50. The molecule has 0 radical (unpaired) electrons. The van der Waals surface area contributed by atoms with E-state index in [1.54, 1.807) is 24.5 Å². The SMILES string of the molecule is O=C(Cc1c[nH]c2ccccc12)N1CC(Cn2nc(-c3ccncc3)ccc2=O)C1. The number of nitrogens with one attached hydrogen (secondary N) is 1. The van der Waals surface area contributed by atoms with Crippen LogP contribution in [0.5, 0.6) is 0 Å². The van der Waals surface area contributed by atoms with Crippen LogP contribution in [0.3, 0.4) is 0 Å². The summed E-state index contributed by atoms with van der Waals surface area (Å²) in [4.78, 5) is 34.0. The number of rotatable bonds is 5. The van der Waals surface area contributed by atoms with E-state index in [0.717, 1.165) is 27.7 Å². The van der Waals surface area contributed by atoms with Crippen LogP contribution in [0.4, 0.5) is 0 Å². The molecule has 3 aromatic heterocycles. The molecular formula is C23H21N5O2. The minimum atomic E-state index is -0.128. The van der Waals surface area contributed by atoms with E-state index in [2.05, 4.69) is 15.1 Å². The number of para-hydroxylation sites is 1. The van der Waals surface area contributed by atoms with Crippen LogP contribution in [0.1, 0.15) is 5.56 Å². The average Bonchev–Trinajstić information content (AvgIpc) is 3.15. The number of amides is 1. The number of carbonyl (C=O) groups excluding carboxylic acids is 1. The van der Waals surface area contributed by atoms with Crippen molar-refractivity contribution in [3.63, 3.8) is 0 Å². The number of likely N-dealkylation sites (tertiary alicyclic amines) is 1. The first-order valence-corrected chi connectivity index (χ1v) is 9.99. The van der Waals surface area contributed by atoms with Crippen molar-refractivity contribution in [1.82, 2.24) is 24.6 Å². The molecule has 1 aliphatic rings. The Labute approximate surface area is 173 Å². The Morgan fingerprint density at radius 3 is 2.70 bits per heavy atom. The normalized spacial score (nSPS) is 14.1. The number of carbonyl (C=O) groups is 1. The fourth-order valence-corrected chi connectivity index (χ4v) is 3.94. The van der Waals surface area contributed by atoms with E-state index in [9.17, 15) is 9.59 Å². The van der Waals surface area contributed by atoms with E-state index in [-0.39, 0.29) is 17.4 Å². The van der Waals surface area contributed by atoms with Gasteiger partial charge in [0.05, 0.1) is 18.7 Å². The Kier molecular flexibility index (Phi) is 4.63. The maximum Gasteiger partial charge on any atom is 0.266 e. The Balaban J connectivity index is 1.22. The predicted molar refractivity (Wildman–Crippen MR) is 114 cm³/mol. The van der Waals surface area contributed by atoms with Crippen LogP contribution in [0.2, 0.25) is 0 Å². The van der Waals surface area contributed by atoms with Gasteiger partial charge in [-0.3, -0.25) is 14.6 Å². The largest absolute Gasteiger partial charge is 0.361 e. The number of aromatic nitrogens is 4. The van der Waals surface area contributed by atoms with Gasteiger partial charge in [-0.2, -0.15) is 5.10 Å². The summed E-state index contributed by atoms with van der Waals surface area (Å²) in [5.74, 6) is 0.344. The Bertz CT molecular complexity index is 1260. The third-order valence-corrected chi connectivity index (χ3v) is 5.60. The van der Waals surface area contributed by atoms with E-state index in [1.807, 2.05) is 47.5 Å². The van der Waals surface area contributed by atoms with Crippen molar-refractivity contribution in [2.45, 2.75) is 13.0 Å². The predicted octanol–water partition coefficient (Wildman–Crippen LogP) is 2.49. The van der Waals surface area contributed by atoms with Crippen molar-refractivity contribution >= 4 is 16.8 Å². The van der Waals surface area contributed by atoms with Gasteiger partial charge in [0.1, 0.15) is 0 Å². The highest BCUT2D eigenvalue weighted by molar-refractivity contribution is 5.89. The first-order valence-electron chi connectivity index (χ1n) is 9.99. The maximum absolute atomic E-state index is 12.7. The summed E-state index contributed by atoms with van der Waals surface area (Å²) >= 11 is 0. The molecule has 1 aliphatic heterocycles. The highest BCUT2D eigenvalue weighted by Gasteiger charge is 2.31. The smallest absolute Gasteiger partial charge is 0.266 e. The molecule has 0 aliphatic carbocycles. The van der Waals surface area contributed by atoms with Crippen molar-refractivity contribution in [3.05, 3.63) is 83.0 Å². The van der Waals surface area contributed by atoms with Crippen LogP contribution in [0, 0.1) is 5.92 Å². The van der Waals surface area contributed by atoms with Crippen LogP contribution in [0.15, 0.2) is 71.9 Å². The first-order chi connectivity index (χ1) is 14.7. The van der Waals surface area contributed by atoms with Gasteiger partial charge in [-0.25, -0.2) is 4.68 Å². The number of pyridine rings is 1. The van der Waals surface area contributed by atoms with Gasteiger partial charge >= 0.3 is 0 Å². The zero-order valence-corrected chi connectivity index (χ0v) is 16.4. The summed E-state index contributed by atoms with van der Waals surface area (Å²) in [6, 6.07) is 15.0. The summed E-state index contributed by atoms with van der Waals surface area (Å²) in [5, 5.41) is 5.59. The second kappa shape index (κ2) is 7.59. The molecule has 7 nitrogen and oxygen atoms in total. The second-order valence-corrected chi connectivity index (χ2v) is 7.68. The molecule has 0 unspecified atom stereocenters. The lowest BCUT2D eigenvalue weighted by Crippen LogP contribution is -2.52. The summed E-state index contributed by atoms with van der Waals surface area (Å²) in [7, 11) is 0. The molecule has 150 valence electrons. The Morgan fingerprint density at radius 1 is 1.07 bits per heavy atom. The third-order valence-electron chi connectivity index (χ3n) is 5.60. The zero-order valence-electron chi connectivity index (χ0n) is 16.4. The standard InChI is InChI=1S/C23H21N5O2/c29-22-6-5-20(17-7-9-24-10-8-17)26-28(22)15-16-13-27(14-16)23(30)11-18-12-25-21-4-2-1-3-19(18)21/h1-10,12,16,25H,11,13-15H2. The van der Waals surface area contributed by atoms with Crippen LogP contribution in [-0.2, 0) is 17.8 Å². The number of hydrogen-bond donors (Lipinski definition) is 1. The molecule has 0 atom stereocenters. The minimum Gasteiger partial charge on any atom is -0.361 e. The fourth-order valence-electron chi connectivity index (χ4n) is 3.94. The van der Waals surface area contributed by atoms with E-state index >= 15 is 0 Å². The van der Waals surface area contributed by atoms with Gasteiger partial charge in [-0.15, -0.1) is 0 Å². The molecule has 1 amide bonds. The molecule has 7 heteroatoms. The number of benzene rings is 1. The molecule has 4 aromatic rings. The van der Waals surface area contributed by atoms with Gasteiger partial charge in [-0.05, 0) is 29.8 Å². The lowest BCUT2D eigenvalue weighted by molar-refractivity contribution is -0.137. The van der Waals surface area contributed by atoms with Gasteiger partial charge in [0, 0.05) is 60.1 Å². The summed E-state index contributed by atoms with van der Waals surface area (Å²) < 4.78 is 1.50. The van der Waals surface area contributed by atoms with Crippen molar-refractivity contribution in [2.24, 2.45) is 5.92 Å². The second-order valence-electron chi connectivity index (χ2n) is 7.68. The van der Waals surface area contributed by atoms with Crippen LogP contribution in [-0.4, -0.2) is 43.6 Å². The molecule has 0 saturated carbocycles. The van der Waals surface area contributed by atoms with E-state index in [1.165, 1.54) is 4.68 Å². The van der Waals surface area contributed by atoms with Gasteiger partial charge in [0.25, 0.3) is 5.56 Å². The first kappa shape index (κ1) is 18.3. The summed E-state index contributed by atoms with van der Waals surface area (Å²) in [5.41, 5.74) is 3.59. The molecule has 4 heterocycles. The van der Waals surface area contributed by atoms with E-state index < -0.39 is 0 Å². The van der Waals surface area contributed by atoms with Crippen LogP contribution in [0.25, 0.3) is 22.2 Å². The van der Waals surface area contributed by atoms with Crippen molar-refractivity contribution in [3.8, 4) is 11.3 Å². The minimum absolute atomic E-state index is 0.113. The topological polar surface area (TPSA) is 83.9 Å². The Hall–Kier alpha value is -3.74. The molecule has 30 heavy (non-hydrogen) atoms. The maximum atomic E-state index is 12.7. The summed E-state index contributed by atoms with van der Waals surface area (Å²) in [6.07, 6.45) is 5.70. The average molecular weight is 399 g/mol. The number of fused-ring (bicyclic) bond motifs is 1. The summed E-state index contributed by atoms with van der Waals surface area (Å²) in [6.45, 7) is 1.80. The number of nitrogens with zero attached hydrogens (tertiary/aromatic N) is 4. The lowest BCUT2D eigenvalue weighted by atomic mass is 9.98. The fraction of sp³-hybridized carbons (Fsp3) is 0.217. The molecule has 1 N–H and O–H groups in total. The highest BCUT2D eigenvalue weighted by Crippen LogP contribution is 2.22. The highest BCUT2D eigenvalue weighted by atomic mass is 16.2. The van der Waals surface area contributed by atoms with Gasteiger partial charge in [0.2, 0.25) is 5.91 Å². The molecular weight excluding hydrogens is 378 g/mol.